The fourth-order valence-electron chi connectivity index (χ4n) is 5.49. The molecule has 21 nitrogen and oxygen atoms in total. The highest BCUT2D eigenvalue weighted by molar-refractivity contribution is 8.19. The molecular weight excluding hydrogens is 907 g/mol. The quantitative estimate of drug-likeness (QED) is 0.0956. The summed E-state index contributed by atoms with van der Waals surface area (Å²) in [4.78, 5) is 30.0. The van der Waals surface area contributed by atoms with E-state index in [0.717, 1.165) is 27.1 Å². The minimum Gasteiger partial charge on any atom is -0.394 e. The Balaban J connectivity index is 0.000000254. The van der Waals surface area contributed by atoms with E-state index in [9.17, 15) is 35.9 Å². The van der Waals surface area contributed by atoms with Crippen molar-refractivity contribution < 1.29 is 67.9 Å². The fraction of sp³-hybridized carbons (Fsp3) is 0.600. The Morgan fingerprint density at radius 1 is 0.855 bits per heavy atom. The van der Waals surface area contributed by atoms with Crippen molar-refractivity contribution in [3.8, 4) is 0 Å². The number of aromatic nitrogens is 4. The Kier molecular flexibility index (Phi) is 22.2. The summed E-state index contributed by atoms with van der Waals surface area (Å²) in [5.74, 6) is -2.40. The van der Waals surface area contributed by atoms with Crippen LogP contribution in [0.2, 0.25) is 0 Å². The third-order valence-electron chi connectivity index (χ3n) is 8.36. The number of halogens is 2. The molecule has 4 heterocycles. The molecule has 2 aliphatic heterocycles. The average Bonchev–Trinajstić information content (AvgIpc) is 3.91. The number of aliphatic hydroxyl groups excluding tert-OH is 1. The second-order valence-electron chi connectivity index (χ2n) is 13.0. The molecule has 62 heavy (non-hydrogen) atoms. The Morgan fingerprint density at radius 2 is 1.34 bits per heavy atom. The predicted octanol–water partition coefficient (Wildman–Crippen LogP) is 5.30. The van der Waals surface area contributed by atoms with Crippen LogP contribution < -0.4 is 22.8 Å². The lowest BCUT2D eigenvalue weighted by atomic mass is 10.2. The number of ether oxygens (including phenoxy) is 3. The summed E-state index contributed by atoms with van der Waals surface area (Å²) < 4.78 is 119. The first-order chi connectivity index (χ1) is 29.4. The Labute approximate surface area is 359 Å². The van der Waals surface area contributed by atoms with Crippen molar-refractivity contribution in [2.45, 2.75) is 89.9 Å². The molecule has 0 aliphatic carbocycles. The second kappa shape index (κ2) is 25.9. The number of aryl methyl sites for hydroxylation is 1. The fourth-order valence-corrected chi connectivity index (χ4v) is 11.4. The van der Waals surface area contributed by atoms with E-state index < -0.39 is 86.7 Å². The van der Waals surface area contributed by atoms with Gasteiger partial charge in [0.25, 0.3) is 6.35 Å². The summed E-state index contributed by atoms with van der Waals surface area (Å²) in [7, 11) is -10.9. The number of anilines is 2. The molecule has 0 radical (unpaired) electrons. The van der Waals surface area contributed by atoms with Gasteiger partial charge >= 0.3 is 44.6 Å². The van der Waals surface area contributed by atoms with Crippen LogP contribution in [0.1, 0.15) is 71.4 Å². The van der Waals surface area contributed by atoms with Crippen molar-refractivity contribution in [3.63, 3.8) is 0 Å². The van der Waals surface area contributed by atoms with Crippen molar-refractivity contribution in [3.05, 3.63) is 74.8 Å². The molecule has 27 heteroatoms. The van der Waals surface area contributed by atoms with Gasteiger partial charge in [0.05, 0.1) is 69.1 Å². The molecule has 1 unspecified atom stereocenters. The van der Waals surface area contributed by atoms with Gasteiger partial charge < -0.3 is 39.8 Å². The Bertz CT molecular complexity index is 2160. The molecular formula is C35H54F2N6O15P3S+. The number of aliphatic hydroxyl groups is 1. The first-order valence-corrected chi connectivity index (χ1v) is 25.8. The molecule has 2 aliphatic rings. The molecule has 3 aromatic rings. The molecule has 5 N–H and O–H groups in total. The number of nitrogens with zero attached hydrogens (tertiary/aromatic N) is 4. The highest BCUT2D eigenvalue weighted by Gasteiger charge is 2.38. The minimum atomic E-state index is -3.92. The number of benzene rings is 1. The lowest BCUT2D eigenvalue weighted by molar-refractivity contribution is -0.0387. The van der Waals surface area contributed by atoms with Gasteiger partial charge in [0.15, 0.2) is 23.3 Å². The molecule has 2 aromatic heterocycles. The molecule has 5 atom stereocenters. The van der Waals surface area contributed by atoms with Gasteiger partial charge in [0.2, 0.25) is 0 Å². The molecule has 2 fully saturated rings. The van der Waals surface area contributed by atoms with Crippen molar-refractivity contribution in [2.24, 2.45) is 0 Å². The van der Waals surface area contributed by atoms with Gasteiger partial charge in [-0.15, -0.1) is 0 Å². The number of hydrogen-bond acceptors (Lipinski definition) is 19. The molecule has 0 amide bonds. The lowest BCUT2D eigenvalue weighted by Crippen LogP contribution is -2.29. The van der Waals surface area contributed by atoms with E-state index in [-0.39, 0.29) is 49.9 Å². The summed E-state index contributed by atoms with van der Waals surface area (Å²) in [6.07, 6.45) is 1.73. The standard InChI is InChI=1S/C14H23FN3O6P.C12H19O6P2S.C9H12FN3O3/c1-3-22-25(20,23-4-2)9-21-8-10-5-6-12(24-10)18-7-11(15)13(16)17-14(18)19;1-4-16-20(17-5-2)19(13)10-18-21(14,15)12-8-6-11(3)7-9-12;10-6-3-13(9(15)12-8(6)11)7-2-1-5(4-14)16-7/h7,10,12H,3-6,8-9H2,1-2H3,(H2,16,17,19);6-9H,4-5,10H2,1-3H3;3,5,7,14H,1-2,4H2,(H2,11,12,15)/q;+1;/t10-,12+;;5-,7+/m1.1/s1. The van der Waals surface area contributed by atoms with Crippen LogP contribution in [0.4, 0.5) is 20.4 Å². The van der Waals surface area contributed by atoms with Crippen LogP contribution in [-0.2, 0) is 55.7 Å². The molecule has 2 saturated heterocycles. The monoisotopic (exact) mass is 961 g/mol. The molecule has 5 rings (SSSR count). The second-order valence-corrected chi connectivity index (χ2v) is 20.9. The van der Waals surface area contributed by atoms with E-state index in [4.69, 9.17) is 53.1 Å². The van der Waals surface area contributed by atoms with Gasteiger partial charge in [-0.05, 0) is 72.4 Å². The summed E-state index contributed by atoms with van der Waals surface area (Å²) in [6.45, 7) is 10.0. The van der Waals surface area contributed by atoms with E-state index in [0.29, 0.717) is 38.9 Å². The summed E-state index contributed by atoms with van der Waals surface area (Å²) in [5.41, 5.74) is 10.0. The largest absolute Gasteiger partial charge is 0.460 e. The van der Waals surface area contributed by atoms with E-state index in [1.165, 1.54) is 12.1 Å². The molecule has 0 saturated carbocycles. The van der Waals surface area contributed by atoms with E-state index in [2.05, 4.69) is 9.97 Å². The zero-order chi connectivity index (χ0) is 46.0. The molecule has 0 spiro atoms. The van der Waals surface area contributed by atoms with Crippen molar-refractivity contribution in [1.82, 2.24) is 19.1 Å². The van der Waals surface area contributed by atoms with Gasteiger partial charge in [-0.3, -0.25) is 22.7 Å². The first kappa shape index (κ1) is 53.1. The van der Waals surface area contributed by atoms with E-state index in [1.54, 1.807) is 39.8 Å². The van der Waals surface area contributed by atoms with Gasteiger partial charge in [-0.25, -0.2) is 22.6 Å². The van der Waals surface area contributed by atoms with Crippen molar-refractivity contribution in [2.75, 3.05) is 63.8 Å². The van der Waals surface area contributed by atoms with E-state index in [1.807, 2.05) is 6.92 Å². The average molecular weight is 962 g/mol. The molecule has 348 valence electrons. The SMILES string of the molecule is CCOP(=O)(COC[C@H]1CC[C@@H](n2cc(F)c(N)nc2=O)O1)OCC.CCOP(OCC)[P+](=O)COS(=O)(=O)c1ccc(C)cc1.Nc1nc(=O)n([C@@H]2CC[C@H](CO)O2)cc1F. The topological polar surface area (TPSA) is 284 Å². The van der Waals surface area contributed by atoms with Gasteiger partial charge in [0.1, 0.15) is 18.8 Å². The maximum Gasteiger partial charge on any atom is 0.460 e. The number of hydrogen-bond donors (Lipinski definition) is 3. The van der Waals surface area contributed by atoms with Crippen LogP contribution in [0.15, 0.2) is 51.1 Å². The normalized spacial score (nSPS) is 19.1. The zero-order valence-electron chi connectivity index (χ0n) is 34.9. The van der Waals surface area contributed by atoms with Crippen molar-refractivity contribution >= 4 is 44.9 Å². The smallest absolute Gasteiger partial charge is 0.394 e. The summed E-state index contributed by atoms with van der Waals surface area (Å²) >= 11 is 0. The maximum absolute atomic E-state index is 13.5. The Morgan fingerprint density at radius 3 is 1.79 bits per heavy atom. The summed E-state index contributed by atoms with van der Waals surface area (Å²) in [5, 5.41) is 8.88. The zero-order valence-corrected chi connectivity index (χ0v) is 38.4. The van der Waals surface area contributed by atoms with Gasteiger partial charge in [-0.2, -0.15) is 18.4 Å². The first-order valence-electron chi connectivity index (χ1n) is 19.3. The van der Waals surface area contributed by atoms with Gasteiger partial charge in [0, 0.05) is 0 Å². The van der Waals surface area contributed by atoms with Crippen LogP contribution in [0, 0.1) is 18.6 Å². The maximum atomic E-state index is 13.5. The highest BCUT2D eigenvalue weighted by atomic mass is 32.2. The van der Waals surface area contributed by atoms with Crippen LogP contribution in [-0.4, -0.2) is 97.2 Å². The third kappa shape index (κ3) is 16.4. The van der Waals surface area contributed by atoms with E-state index >= 15 is 0 Å². The van der Waals surface area contributed by atoms with Crippen LogP contribution in [0.25, 0.3) is 0 Å². The molecule has 0 bridgehead atoms. The predicted molar refractivity (Wildman–Crippen MR) is 223 cm³/mol. The number of nitrogen functional groups attached to an aromatic ring is 2. The minimum absolute atomic E-state index is 0.0358. The van der Waals surface area contributed by atoms with Crippen molar-refractivity contribution in [1.29, 1.82) is 0 Å². The lowest BCUT2D eigenvalue weighted by Gasteiger charge is -2.19. The van der Waals surface area contributed by atoms with Crippen LogP contribution in [0.3, 0.4) is 0 Å². The summed E-state index contributed by atoms with van der Waals surface area (Å²) in [6, 6.07) is 6.24. The highest BCUT2D eigenvalue weighted by Crippen LogP contribution is 2.62. The van der Waals surface area contributed by atoms with Crippen LogP contribution >= 0.6 is 23.1 Å². The molecule has 1 aromatic carbocycles. The number of nitrogens with two attached hydrogens (primary N) is 2. The number of rotatable bonds is 20. The van der Waals surface area contributed by atoms with Gasteiger partial charge in [-0.1, -0.05) is 22.3 Å². The van der Waals surface area contributed by atoms with Crippen LogP contribution in [0.5, 0.6) is 0 Å². The Hall–Kier alpha value is -3.21. The third-order valence-corrected chi connectivity index (χ3v) is 15.4.